The molecule has 0 unspecified atom stereocenters. The third-order valence-corrected chi connectivity index (χ3v) is 16.6. The van der Waals surface area contributed by atoms with Gasteiger partial charge in [0.15, 0.2) is 0 Å². The minimum Gasteiger partial charge on any atom is -0.414 e. The molecule has 0 spiro atoms. The van der Waals surface area contributed by atoms with Gasteiger partial charge in [0, 0.05) is 12.5 Å². The summed E-state index contributed by atoms with van der Waals surface area (Å²) in [5, 5.41) is 0. The molecule has 0 amide bonds. The minimum absolute atomic E-state index is 0.104. The molecule has 2 aliphatic heterocycles. The molecule has 0 radical (unpaired) electrons. The smallest absolute Gasteiger partial charge is 0.334 e. The summed E-state index contributed by atoms with van der Waals surface area (Å²) in [5.74, 6) is 0.382. The number of ether oxygens (including phenoxy) is 1. The predicted octanol–water partition coefficient (Wildman–Crippen LogP) is 5.92. The van der Waals surface area contributed by atoms with E-state index in [9.17, 15) is 0 Å². The zero-order valence-electron chi connectivity index (χ0n) is 18.8. The summed E-state index contributed by atoms with van der Waals surface area (Å²) in [7, 11) is -4.93. The molecular formula is C21H42O4Si2. The molecule has 6 heteroatoms. The van der Waals surface area contributed by atoms with E-state index in [0.29, 0.717) is 34.7 Å². The van der Waals surface area contributed by atoms with Gasteiger partial charge in [0.2, 0.25) is 0 Å². The number of rotatable bonds is 6. The lowest BCUT2D eigenvalue weighted by Gasteiger charge is -2.47. The largest absolute Gasteiger partial charge is 0.414 e. The first kappa shape index (κ1) is 23.3. The lowest BCUT2D eigenvalue weighted by atomic mass is 10.00. The Morgan fingerprint density at radius 1 is 0.852 bits per heavy atom. The highest BCUT2D eigenvalue weighted by Gasteiger charge is 2.57. The Hall–Kier alpha value is 0.0138. The van der Waals surface area contributed by atoms with Gasteiger partial charge in [-0.25, -0.2) is 0 Å². The highest BCUT2D eigenvalue weighted by atomic mass is 28.5. The van der Waals surface area contributed by atoms with E-state index >= 15 is 0 Å². The van der Waals surface area contributed by atoms with Gasteiger partial charge in [-0.15, -0.1) is 6.58 Å². The quantitative estimate of drug-likeness (QED) is 0.399. The van der Waals surface area contributed by atoms with Crippen LogP contribution in [0.1, 0.15) is 68.2 Å². The molecule has 0 aromatic carbocycles. The topological polar surface area (TPSA) is 36.9 Å². The number of hydrogen-bond donors (Lipinski definition) is 0. The van der Waals surface area contributed by atoms with E-state index in [1.807, 2.05) is 6.08 Å². The molecular weight excluding hydrogens is 372 g/mol. The fourth-order valence-electron chi connectivity index (χ4n) is 4.82. The van der Waals surface area contributed by atoms with E-state index < -0.39 is 17.1 Å². The minimum atomic E-state index is -2.48. The summed E-state index contributed by atoms with van der Waals surface area (Å²) in [6, 6.07) is 0. The van der Waals surface area contributed by atoms with Crippen LogP contribution in [0.15, 0.2) is 12.7 Å². The van der Waals surface area contributed by atoms with Gasteiger partial charge in [-0.3, -0.25) is 0 Å². The van der Waals surface area contributed by atoms with Crippen LogP contribution in [0, 0.1) is 5.92 Å². The van der Waals surface area contributed by atoms with E-state index in [1.54, 1.807) is 0 Å². The van der Waals surface area contributed by atoms with Crippen molar-refractivity contribution in [1.82, 2.24) is 0 Å². The van der Waals surface area contributed by atoms with Crippen LogP contribution in [0.5, 0.6) is 0 Å². The molecule has 3 atom stereocenters. The maximum absolute atomic E-state index is 7.19. The summed E-state index contributed by atoms with van der Waals surface area (Å²) in [4.78, 5) is 0. The van der Waals surface area contributed by atoms with Gasteiger partial charge < -0.3 is 17.7 Å². The standard InChI is InChI=1S/C21H42O4Si2/c1-10-11-20-12-19-13-22-26(15(2)3,16(4)5)25-27(17(6)7,18(8)9)23-14-21(19)24-20/h10,15-21H,1,11-14H2,2-9H3/t19-,20+,21-/m1/s1. The van der Waals surface area contributed by atoms with E-state index in [-0.39, 0.29) is 12.2 Å². The van der Waals surface area contributed by atoms with Crippen LogP contribution >= 0.6 is 0 Å². The van der Waals surface area contributed by atoms with Crippen LogP contribution in [0.2, 0.25) is 22.2 Å². The van der Waals surface area contributed by atoms with Crippen molar-refractivity contribution in [3.63, 3.8) is 0 Å². The van der Waals surface area contributed by atoms with Gasteiger partial charge in [-0.05, 0) is 35.0 Å². The maximum atomic E-state index is 7.19. The van der Waals surface area contributed by atoms with Crippen LogP contribution < -0.4 is 0 Å². The summed E-state index contributed by atoms with van der Waals surface area (Å²) >= 11 is 0. The summed E-state index contributed by atoms with van der Waals surface area (Å²) in [5.41, 5.74) is 1.50. The first-order chi connectivity index (χ1) is 12.6. The Kier molecular flexibility index (Phi) is 7.96. The summed E-state index contributed by atoms with van der Waals surface area (Å²) in [6.07, 6.45) is 4.24. The Labute approximate surface area is 169 Å². The zero-order valence-corrected chi connectivity index (χ0v) is 20.8. The molecule has 0 aliphatic carbocycles. The molecule has 0 bridgehead atoms. The molecule has 0 saturated carbocycles. The first-order valence-corrected chi connectivity index (χ1v) is 14.8. The average molecular weight is 415 g/mol. The van der Waals surface area contributed by atoms with Gasteiger partial charge in [0.05, 0.1) is 18.8 Å². The molecule has 0 N–H and O–H groups in total. The van der Waals surface area contributed by atoms with E-state index in [4.69, 9.17) is 17.7 Å². The van der Waals surface area contributed by atoms with Crippen molar-refractivity contribution in [1.29, 1.82) is 0 Å². The molecule has 2 aliphatic rings. The van der Waals surface area contributed by atoms with Crippen molar-refractivity contribution in [2.45, 2.75) is 103 Å². The van der Waals surface area contributed by atoms with Crippen LogP contribution in [0.3, 0.4) is 0 Å². The number of hydrogen-bond acceptors (Lipinski definition) is 4. The molecule has 2 rings (SSSR count). The highest BCUT2D eigenvalue weighted by molar-refractivity contribution is 6.83. The molecule has 27 heavy (non-hydrogen) atoms. The highest BCUT2D eigenvalue weighted by Crippen LogP contribution is 2.46. The van der Waals surface area contributed by atoms with Crippen molar-refractivity contribution >= 4 is 17.1 Å². The summed E-state index contributed by atoms with van der Waals surface area (Å²) in [6.45, 7) is 23.4. The van der Waals surface area contributed by atoms with Crippen molar-refractivity contribution in [2.24, 2.45) is 5.92 Å². The lowest BCUT2D eigenvalue weighted by molar-refractivity contribution is -0.00223. The van der Waals surface area contributed by atoms with Gasteiger partial charge in [0.1, 0.15) is 0 Å². The van der Waals surface area contributed by atoms with Gasteiger partial charge >= 0.3 is 17.1 Å². The summed E-state index contributed by atoms with van der Waals surface area (Å²) < 4.78 is 27.2. The van der Waals surface area contributed by atoms with Crippen LogP contribution in [-0.2, 0) is 17.7 Å². The zero-order chi connectivity index (χ0) is 20.4. The first-order valence-electron chi connectivity index (χ1n) is 10.8. The van der Waals surface area contributed by atoms with E-state index in [0.717, 1.165) is 19.4 Å². The second-order valence-corrected chi connectivity index (χ2v) is 18.5. The number of fused-ring (bicyclic) bond motifs is 1. The molecule has 2 saturated heterocycles. The third kappa shape index (κ3) is 4.61. The third-order valence-electron chi connectivity index (χ3n) is 6.42. The molecule has 0 aromatic heterocycles. The van der Waals surface area contributed by atoms with Crippen LogP contribution in [0.25, 0.3) is 0 Å². The van der Waals surface area contributed by atoms with Crippen LogP contribution in [0.4, 0.5) is 0 Å². The molecule has 2 heterocycles. The fraction of sp³-hybridized carbons (Fsp3) is 0.905. The van der Waals surface area contributed by atoms with Gasteiger partial charge in [0.25, 0.3) is 0 Å². The lowest BCUT2D eigenvalue weighted by Crippen LogP contribution is -2.61. The molecule has 158 valence electrons. The van der Waals surface area contributed by atoms with Crippen molar-refractivity contribution in [3.8, 4) is 0 Å². The molecule has 2 fully saturated rings. The van der Waals surface area contributed by atoms with E-state index in [2.05, 4.69) is 62.0 Å². The van der Waals surface area contributed by atoms with Crippen LogP contribution in [-0.4, -0.2) is 42.5 Å². The second-order valence-electron chi connectivity index (χ2n) is 9.60. The van der Waals surface area contributed by atoms with Gasteiger partial charge in [-0.1, -0.05) is 61.5 Å². The molecule has 0 aromatic rings. The Bertz CT molecular complexity index is 439. The second kappa shape index (κ2) is 9.22. The van der Waals surface area contributed by atoms with Crippen molar-refractivity contribution in [3.05, 3.63) is 12.7 Å². The Balaban J connectivity index is 2.43. The maximum Gasteiger partial charge on any atom is 0.334 e. The average Bonchev–Trinajstić information content (AvgIpc) is 2.97. The SMILES string of the molecule is C=CC[C@H]1C[C@@H]2CO[Si](C(C)C)(C(C)C)O[Si](C(C)C)(C(C)C)OC[C@H]2O1. The molecule has 4 nitrogen and oxygen atoms in total. The normalized spacial score (nSPS) is 31.0. The Morgan fingerprint density at radius 2 is 1.33 bits per heavy atom. The Morgan fingerprint density at radius 3 is 1.78 bits per heavy atom. The fourth-order valence-corrected chi connectivity index (χ4v) is 16.0. The monoisotopic (exact) mass is 414 g/mol. The van der Waals surface area contributed by atoms with Crippen molar-refractivity contribution in [2.75, 3.05) is 13.2 Å². The van der Waals surface area contributed by atoms with Crippen molar-refractivity contribution < 1.29 is 17.7 Å². The predicted molar refractivity (Wildman–Crippen MR) is 116 cm³/mol. The van der Waals surface area contributed by atoms with E-state index in [1.165, 1.54) is 0 Å². The van der Waals surface area contributed by atoms with Gasteiger partial charge in [-0.2, -0.15) is 0 Å².